The van der Waals surface area contributed by atoms with Crippen LogP contribution < -0.4 is 10.2 Å². The molecule has 0 aromatic heterocycles. The summed E-state index contributed by atoms with van der Waals surface area (Å²) in [6.45, 7) is 4.82. The fraction of sp³-hybridized carbons (Fsp3) is 0.364. The number of aliphatic hydroxyl groups excluding tert-OH is 1. The number of benzene rings is 2. The smallest absolute Gasteiger partial charge is 0.227 e. The fourth-order valence-corrected chi connectivity index (χ4v) is 3.34. The van der Waals surface area contributed by atoms with Gasteiger partial charge in [0.25, 0.3) is 0 Å². The Hall–Kier alpha value is -2.66. The second-order valence-electron chi connectivity index (χ2n) is 7.18. The van der Waals surface area contributed by atoms with Crippen molar-refractivity contribution in [3.8, 4) is 0 Å². The monoisotopic (exact) mass is 366 g/mol. The molecular weight excluding hydrogens is 340 g/mol. The zero-order chi connectivity index (χ0) is 19.4. The Bertz CT molecular complexity index is 820. The molecule has 0 spiro atoms. The van der Waals surface area contributed by atoms with E-state index in [2.05, 4.69) is 5.32 Å². The molecule has 1 heterocycles. The first-order valence-electron chi connectivity index (χ1n) is 9.34. The SMILES string of the molecule is Cc1ccc(N2C[C@@H](C(=O)NCC[C@H](O)c3ccccc3)CC2=O)cc1C. The molecule has 1 fully saturated rings. The van der Waals surface area contributed by atoms with Crippen molar-refractivity contribution >= 4 is 17.5 Å². The number of carbonyl (C=O) groups excluding carboxylic acids is 2. The van der Waals surface area contributed by atoms with Crippen LogP contribution in [0.4, 0.5) is 5.69 Å². The quantitative estimate of drug-likeness (QED) is 0.826. The van der Waals surface area contributed by atoms with E-state index in [-0.39, 0.29) is 24.2 Å². The molecule has 0 unspecified atom stereocenters. The van der Waals surface area contributed by atoms with Gasteiger partial charge in [0.1, 0.15) is 0 Å². The molecule has 3 rings (SSSR count). The summed E-state index contributed by atoms with van der Waals surface area (Å²) in [6.07, 6.45) is 0.0563. The Morgan fingerprint density at radius 1 is 1.19 bits per heavy atom. The highest BCUT2D eigenvalue weighted by atomic mass is 16.3. The van der Waals surface area contributed by atoms with Crippen LogP contribution >= 0.6 is 0 Å². The molecule has 5 heteroatoms. The number of hydrogen-bond acceptors (Lipinski definition) is 3. The van der Waals surface area contributed by atoms with E-state index in [9.17, 15) is 14.7 Å². The minimum absolute atomic E-state index is 0.0253. The first-order chi connectivity index (χ1) is 13.0. The van der Waals surface area contributed by atoms with Crippen molar-refractivity contribution in [3.63, 3.8) is 0 Å². The van der Waals surface area contributed by atoms with Crippen LogP contribution in [0.3, 0.4) is 0 Å². The molecule has 1 saturated heterocycles. The Morgan fingerprint density at radius 2 is 1.93 bits per heavy atom. The molecule has 1 aliphatic heterocycles. The third-order valence-corrected chi connectivity index (χ3v) is 5.20. The lowest BCUT2D eigenvalue weighted by Crippen LogP contribution is -2.34. The van der Waals surface area contributed by atoms with Crippen LogP contribution in [0.2, 0.25) is 0 Å². The lowest BCUT2D eigenvalue weighted by Gasteiger charge is -2.18. The number of rotatable bonds is 6. The molecule has 0 saturated carbocycles. The molecule has 2 amide bonds. The molecule has 2 N–H and O–H groups in total. The second-order valence-corrected chi connectivity index (χ2v) is 7.18. The van der Waals surface area contributed by atoms with E-state index >= 15 is 0 Å². The molecule has 0 aliphatic carbocycles. The van der Waals surface area contributed by atoms with Crippen LogP contribution in [0.15, 0.2) is 48.5 Å². The number of hydrogen-bond donors (Lipinski definition) is 2. The molecule has 2 aromatic carbocycles. The average Bonchev–Trinajstić information content (AvgIpc) is 3.06. The van der Waals surface area contributed by atoms with Gasteiger partial charge in [0.05, 0.1) is 12.0 Å². The van der Waals surface area contributed by atoms with Crippen molar-refractivity contribution in [1.29, 1.82) is 0 Å². The van der Waals surface area contributed by atoms with Crippen LogP contribution in [0.25, 0.3) is 0 Å². The first kappa shape index (κ1) is 19.1. The van der Waals surface area contributed by atoms with Crippen molar-refractivity contribution < 1.29 is 14.7 Å². The lowest BCUT2D eigenvalue weighted by atomic mass is 10.1. The molecule has 5 nitrogen and oxygen atoms in total. The highest BCUT2D eigenvalue weighted by Crippen LogP contribution is 2.27. The van der Waals surface area contributed by atoms with Gasteiger partial charge in [-0.3, -0.25) is 9.59 Å². The normalized spacial score (nSPS) is 17.8. The van der Waals surface area contributed by atoms with E-state index in [4.69, 9.17) is 0 Å². The summed E-state index contributed by atoms with van der Waals surface area (Å²) in [7, 11) is 0. The van der Waals surface area contributed by atoms with Crippen molar-refractivity contribution in [2.75, 3.05) is 18.0 Å². The van der Waals surface area contributed by atoms with Gasteiger partial charge in [-0.25, -0.2) is 0 Å². The van der Waals surface area contributed by atoms with E-state index in [1.54, 1.807) is 4.90 Å². The molecule has 27 heavy (non-hydrogen) atoms. The average molecular weight is 366 g/mol. The highest BCUT2D eigenvalue weighted by Gasteiger charge is 2.35. The molecule has 0 bridgehead atoms. The van der Waals surface area contributed by atoms with Gasteiger partial charge in [-0.15, -0.1) is 0 Å². The number of aliphatic hydroxyl groups is 1. The summed E-state index contributed by atoms with van der Waals surface area (Å²) in [4.78, 5) is 26.5. The zero-order valence-corrected chi connectivity index (χ0v) is 15.8. The molecule has 1 aliphatic rings. The van der Waals surface area contributed by atoms with E-state index in [1.165, 1.54) is 5.56 Å². The Kier molecular flexibility index (Phi) is 5.91. The van der Waals surface area contributed by atoms with Crippen molar-refractivity contribution in [3.05, 3.63) is 65.2 Å². The van der Waals surface area contributed by atoms with Crippen molar-refractivity contribution in [1.82, 2.24) is 5.32 Å². The maximum Gasteiger partial charge on any atom is 0.227 e. The summed E-state index contributed by atoms with van der Waals surface area (Å²) < 4.78 is 0. The van der Waals surface area contributed by atoms with E-state index in [0.29, 0.717) is 19.5 Å². The molecule has 142 valence electrons. The Labute approximate surface area is 160 Å². The molecule has 2 atom stereocenters. The Balaban J connectivity index is 1.52. The number of nitrogens with one attached hydrogen (secondary N) is 1. The van der Waals surface area contributed by atoms with Crippen LogP contribution in [-0.2, 0) is 9.59 Å². The standard InChI is InChI=1S/C22H26N2O3/c1-15-8-9-19(12-16(15)2)24-14-18(13-21(24)26)22(27)23-11-10-20(25)17-6-4-3-5-7-17/h3-9,12,18,20,25H,10-11,13-14H2,1-2H3,(H,23,27)/t18-,20-/m0/s1. The highest BCUT2D eigenvalue weighted by molar-refractivity contribution is 6.00. The van der Waals surface area contributed by atoms with Crippen LogP contribution in [-0.4, -0.2) is 30.0 Å². The maximum absolute atomic E-state index is 12.4. The largest absolute Gasteiger partial charge is 0.388 e. The lowest BCUT2D eigenvalue weighted by molar-refractivity contribution is -0.126. The number of aryl methyl sites for hydroxylation is 2. The summed E-state index contributed by atoms with van der Waals surface area (Å²) in [6, 6.07) is 15.3. The van der Waals surface area contributed by atoms with E-state index in [0.717, 1.165) is 16.8 Å². The topological polar surface area (TPSA) is 69.6 Å². The fourth-order valence-electron chi connectivity index (χ4n) is 3.34. The predicted molar refractivity (Wildman–Crippen MR) is 105 cm³/mol. The van der Waals surface area contributed by atoms with Gasteiger partial charge in [0.15, 0.2) is 0 Å². The maximum atomic E-state index is 12.4. The first-order valence-corrected chi connectivity index (χ1v) is 9.34. The van der Waals surface area contributed by atoms with Gasteiger partial charge >= 0.3 is 0 Å². The number of nitrogens with zero attached hydrogens (tertiary/aromatic N) is 1. The van der Waals surface area contributed by atoms with Gasteiger partial charge in [-0.1, -0.05) is 36.4 Å². The summed E-state index contributed by atoms with van der Waals surface area (Å²) >= 11 is 0. The van der Waals surface area contributed by atoms with E-state index < -0.39 is 6.10 Å². The van der Waals surface area contributed by atoms with Crippen molar-refractivity contribution in [2.45, 2.75) is 32.8 Å². The zero-order valence-electron chi connectivity index (χ0n) is 15.8. The van der Waals surface area contributed by atoms with Gasteiger partial charge in [0, 0.05) is 25.2 Å². The minimum Gasteiger partial charge on any atom is -0.388 e. The number of carbonyl (C=O) groups is 2. The summed E-state index contributed by atoms with van der Waals surface area (Å²) in [5.41, 5.74) is 3.99. The van der Waals surface area contributed by atoms with Crippen LogP contribution in [0.5, 0.6) is 0 Å². The molecule has 0 radical (unpaired) electrons. The molecular formula is C22H26N2O3. The van der Waals surface area contributed by atoms with Crippen molar-refractivity contribution in [2.24, 2.45) is 5.92 Å². The van der Waals surface area contributed by atoms with E-state index in [1.807, 2.05) is 62.4 Å². The Morgan fingerprint density at radius 3 is 2.63 bits per heavy atom. The third-order valence-electron chi connectivity index (χ3n) is 5.20. The predicted octanol–water partition coefficient (Wildman–Crippen LogP) is 2.90. The number of anilines is 1. The van der Waals surface area contributed by atoms with Gasteiger partial charge in [-0.2, -0.15) is 0 Å². The number of amides is 2. The van der Waals surface area contributed by atoms with Crippen LogP contribution in [0, 0.1) is 19.8 Å². The van der Waals surface area contributed by atoms with Gasteiger partial charge in [-0.05, 0) is 49.1 Å². The summed E-state index contributed by atoms with van der Waals surface area (Å²) in [5.74, 6) is -0.509. The minimum atomic E-state index is -0.608. The third kappa shape index (κ3) is 4.55. The van der Waals surface area contributed by atoms with Crippen LogP contribution in [0.1, 0.15) is 35.6 Å². The molecule has 2 aromatic rings. The summed E-state index contributed by atoms with van der Waals surface area (Å²) in [5, 5.41) is 13.0. The van der Waals surface area contributed by atoms with Gasteiger partial charge in [0.2, 0.25) is 11.8 Å². The van der Waals surface area contributed by atoms with Gasteiger partial charge < -0.3 is 15.3 Å². The second kappa shape index (κ2) is 8.35.